The third kappa shape index (κ3) is 2.15. The molecule has 0 unspecified atom stereocenters. The highest BCUT2D eigenvalue weighted by molar-refractivity contribution is 6.33. The van der Waals surface area contributed by atoms with Gasteiger partial charge < -0.3 is 10.2 Å². The van der Waals surface area contributed by atoms with Gasteiger partial charge in [-0.05, 0) is 42.8 Å². The van der Waals surface area contributed by atoms with Gasteiger partial charge in [0, 0.05) is 10.7 Å². The number of rotatable bonds is 1. The minimum absolute atomic E-state index is 0.442. The molecule has 1 aromatic heterocycles. The zero-order valence-electron chi connectivity index (χ0n) is 10.1. The van der Waals surface area contributed by atoms with Gasteiger partial charge in [0.05, 0.1) is 10.6 Å². The Bertz CT molecular complexity index is 780. The first-order valence-corrected chi connectivity index (χ1v) is 6.42. The first kappa shape index (κ1) is 12.3. The van der Waals surface area contributed by atoms with Gasteiger partial charge in [0.2, 0.25) is 5.89 Å². The molecular weight excluding hydrogens is 283 g/mol. The molecule has 0 saturated heterocycles. The molecule has 19 heavy (non-hydrogen) atoms. The van der Waals surface area contributed by atoms with Gasteiger partial charge in [-0.1, -0.05) is 23.2 Å². The van der Waals surface area contributed by atoms with Crippen LogP contribution in [0.1, 0.15) is 5.56 Å². The summed E-state index contributed by atoms with van der Waals surface area (Å²) < 4.78 is 5.77. The van der Waals surface area contributed by atoms with Crippen molar-refractivity contribution in [3.63, 3.8) is 0 Å². The summed E-state index contributed by atoms with van der Waals surface area (Å²) in [5.41, 5.74) is 9.39. The number of nitrogen functional groups attached to an aromatic ring is 1. The van der Waals surface area contributed by atoms with Crippen molar-refractivity contribution in [2.24, 2.45) is 0 Å². The van der Waals surface area contributed by atoms with E-state index in [2.05, 4.69) is 4.98 Å². The van der Waals surface area contributed by atoms with Crippen molar-refractivity contribution in [1.29, 1.82) is 0 Å². The molecule has 0 bridgehead atoms. The maximum atomic E-state index is 6.15. The predicted octanol–water partition coefficient (Wildman–Crippen LogP) is 4.69. The second-order valence-corrected chi connectivity index (χ2v) is 5.17. The molecule has 3 nitrogen and oxygen atoms in total. The van der Waals surface area contributed by atoms with Crippen LogP contribution in [0, 0.1) is 6.92 Å². The van der Waals surface area contributed by atoms with E-state index in [1.165, 1.54) is 0 Å². The molecule has 0 aliphatic rings. The number of aromatic nitrogens is 1. The van der Waals surface area contributed by atoms with Crippen molar-refractivity contribution in [1.82, 2.24) is 4.98 Å². The van der Waals surface area contributed by atoms with E-state index in [0.29, 0.717) is 38.3 Å². The number of nitrogens with two attached hydrogens (primary N) is 1. The molecule has 0 amide bonds. The van der Waals surface area contributed by atoms with E-state index >= 15 is 0 Å². The van der Waals surface area contributed by atoms with Crippen LogP contribution in [0.5, 0.6) is 0 Å². The molecule has 0 aliphatic heterocycles. The molecule has 0 radical (unpaired) electrons. The predicted molar refractivity (Wildman–Crippen MR) is 78.6 cm³/mol. The summed E-state index contributed by atoms with van der Waals surface area (Å²) >= 11 is 12.2. The van der Waals surface area contributed by atoms with Crippen molar-refractivity contribution in [3.05, 3.63) is 45.9 Å². The number of aryl methyl sites for hydroxylation is 1. The van der Waals surface area contributed by atoms with Gasteiger partial charge in [-0.25, -0.2) is 4.98 Å². The van der Waals surface area contributed by atoms with Gasteiger partial charge in [0.15, 0.2) is 5.58 Å². The van der Waals surface area contributed by atoms with Crippen LogP contribution in [0.4, 0.5) is 5.69 Å². The number of oxazole rings is 1. The number of fused-ring (bicyclic) bond motifs is 1. The van der Waals surface area contributed by atoms with E-state index < -0.39 is 0 Å². The smallest absolute Gasteiger partial charge is 0.228 e. The molecule has 0 atom stereocenters. The number of nitrogens with zero attached hydrogens (tertiary/aromatic N) is 1. The van der Waals surface area contributed by atoms with E-state index in [1.807, 2.05) is 13.0 Å². The van der Waals surface area contributed by atoms with Crippen LogP contribution in [-0.2, 0) is 0 Å². The van der Waals surface area contributed by atoms with Crippen LogP contribution in [-0.4, -0.2) is 4.98 Å². The molecule has 0 fully saturated rings. The molecule has 96 valence electrons. The van der Waals surface area contributed by atoms with Crippen LogP contribution < -0.4 is 5.73 Å². The topological polar surface area (TPSA) is 52.0 Å². The van der Waals surface area contributed by atoms with E-state index in [4.69, 9.17) is 33.4 Å². The first-order valence-electron chi connectivity index (χ1n) is 5.66. The van der Waals surface area contributed by atoms with E-state index in [9.17, 15) is 0 Å². The quantitative estimate of drug-likeness (QED) is 0.662. The van der Waals surface area contributed by atoms with E-state index in [-0.39, 0.29) is 0 Å². The molecule has 1 heterocycles. The Labute approximate surface area is 119 Å². The highest BCUT2D eigenvalue weighted by Crippen LogP contribution is 2.33. The van der Waals surface area contributed by atoms with Gasteiger partial charge in [-0.2, -0.15) is 0 Å². The molecule has 2 N–H and O–H groups in total. The van der Waals surface area contributed by atoms with Crippen molar-refractivity contribution >= 4 is 40.0 Å². The fourth-order valence-corrected chi connectivity index (χ4v) is 2.44. The van der Waals surface area contributed by atoms with Crippen LogP contribution in [0.2, 0.25) is 10.0 Å². The Morgan fingerprint density at radius 1 is 1.16 bits per heavy atom. The molecule has 3 aromatic rings. The Morgan fingerprint density at radius 3 is 2.74 bits per heavy atom. The molecule has 0 spiro atoms. The molecule has 0 aliphatic carbocycles. The summed E-state index contributed by atoms with van der Waals surface area (Å²) in [6.07, 6.45) is 0. The largest absolute Gasteiger partial charge is 0.436 e. The lowest BCUT2D eigenvalue weighted by Gasteiger charge is -2.00. The van der Waals surface area contributed by atoms with Gasteiger partial charge >= 0.3 is 0 Å². The Hall–Kier alpha value is -1.71. The maximum Gasteiger partial charge on any atom is 0.228 e. The minimum Gasteiger partial charge on any atom is -0.436 e. The third-order valence-electron chi connectivity index (χ3n) is 2.86. The number of hydrogen-bond donors (Lipinski definition) is 1. The number of halogens is 2. The molecule has 2 aromatic carbocycles. The minimum atomic E-state index is 0.442. The zero-order chi connectivity index (χ0) is 13.6. The highest BCUT2D eigenvalue weighted by atomic mass is 35.5. The number of benzene rings is 2. The average Bonchev–Trinajstić information content (AvgIpc) is 2.76. The van der Waals surface area contributed by atoms with Crippen molar-refractivity contribution in [2.45, 2.75) is 6.92 Å². The SMILES string of the molecule is Cc1cc(Cl)cc2nc(-c3cc(N)ccc3Cl)oc12. The fraction of sp³-hybridized carbons (Fsp3) is 0.0714. The lowest BCUT2D eigenvalue weighted by Crippen LogP contribution is -1.86. The van der Waals surface area contributed by atoms with Crippen LogP contribution >= 0.6 is 23.2 Å². The Balaban J connectivity index is 2.26. The van der Waals surface area contributed by atoms with E-state index in [0.717, 1.165) is 5.56 Å². The summed E-state index contributed by atoms with van der Waals surface area (Å²) in [5, 5.41) is 1.17. The standard InChI is InChI=1S/C14H10Cl2N2O/c1-7-4-8(15)5-12-13(7)19-14(18-12)10-6-9(17)2-3-11(10)16/h2-6H,17H2,1H3. The van der Waals surface area contributed by atoms with Gasteiger partial charge in [-0.3, -0.25) is 0 Å². The summed E-state index contributed by atoms with van der Waals surface area (Å²) in [5.74, 6) is 0.442. The van der Waals surface area contributed by atoms with Gasteiger partial charge in [0.1, 0.15) is 5.52 Å². The summed E-state index contributed by atoms with van der Waals surface area (Å²) in [7, 11) is 0. The van der Waals surface area contributed by atoms with Crippen molar-refractivity contribution in [3.8, 4) is 11.5 Å². The van der Waals surface area contributed by atoms with Crippen molar-refractivity contribution in [2.75, 3.05) is 5.73 Å². The molecule has 3 rings (SSSR count). The van der Waals surface area contributed by atoms with E-state index in [1.54, 1.807) is 24.3 Å². The summed E-state index contributed by atoms with van der Waals surface area (Å²) in [4.78, 5) is 4.42. The van der Waals surface area contributed by atoms with Crippen LogP contribution in [0.15, 0.2) is 34.7 Å². The van der Waals surface area contributed by atoms with Crippen LogP contribution in [0.25, 0.3) is 22.6 Å². The summed E-state index contributed by atoms with van der Waals surface area (Å²) in [6.45, 7) is 1.92. The monoisotopic (exact) mass is 292 g/mol. The number of anilines is 1. The highest BCUT2D eigenvalue weighted by Gasteiger charge is 2.14. The molecular formula is C14H10Cl2N2O. The van der Waals surface area contributed by atoms with Crippen molar-refractivity contribution < 1.29 is 4.42 Å². The maximum absolute atomic E-state index is 6.15. The molecule has 5 heteroatoms. The number of hydrogen-bond acceptors (Lipinski definition) is 3. The average molecular weight is 293 g/mol. The van der Waals surface area contributed by atoms with Crippen LogP contribution in [0.3, 0.4) is 0 Å². The van der Waals surface area contributed by atoms with Gasteiger partial charge in [-0.15, -0.1) is 0 Å². The second-order valence-electron chi connectivity index (χ2n) is 4.33. The Morgan fingerprint density at radius 2 is 1.95 bits per heavy atom. The third-order valence-corrected chi connectivity index (χ3v) is 3.41. The lowest BCUT2D eigenvalue weighted by atomic mass is 10.2. The molecule has 0 saturated carbocycles. The Kier molecular flexibility index (Phi) is 2.88. The second kappa shape index (κ2) is 4.44. The normalized spacial score (nSPS) is 11.1. The fourth-order valence-electron chi connectivity index (χ4n) is 1.98. The summed E-state index contributed by atoms with van der Waals surface area (Å²) in [6, 6.07) is 8.79. The zero-order valence-corrected chi connectivity index (χ0v) is 11.6. The lowest BCUT2D eigenvalue weighted by molar-refractivity contribution is 0.617. The van der Waals surface area contributed by atoms with Gasteiger partial charge in [0.25, 0.3) is 0 Å². The first-order chi connectivity index (χ1) is 9.04.